The average Bonchev–Trinajstić information content (AvgIpc) is 2.89. The summed E-state index contributed by atoms with van der Waals surface area (Å²) >= 11 is 0. The van der Waals surface area contributed by atoms with Crippen molar-refractivity contribution in [2.24, 2.45) is 0 Å². The van der Waals surface area contributed by atoms with Crippen molar-refractivity contribution in [2.75, 3.05) is 19.6 Å². The highest BCUT2D eigenvalue weighted by Gasteiger charge is 2.48. The average molecular weight is 539 g/mol. The van der Waals surface area contributed by atoms with Gasteiger partial charge in [-0.1, -0.05) is 48.5 Å². The summed E-state index contributed by atoms with van der Waals surface area (Å²) in [4.78, 5) is 21.8. The van der Waals surface area contributed by atoms with Crippen molar-refractivity contribution in [3.8, 4) is 11.1 Å². The number of nitrogens with zero attached hydrogens (tertiary/aromatic N) is 3. The van der Waals surface area contributed by atoms with Crippen molar-refractivity contribution in [1.29, 1.82) is 0 Å². The molecule has 1 unspecified atom stereocenters. The first-order chi connectivity index (χ1) is 18.4. The van der Waals surface area contributed by atoms with E-state index < -0.39 is 11.6 Å². The molecule has 5 nitrogen and oxygen atoms in total. The third kappa shape index (κ3) is 7.05. The maximum absolute atomic E-state index is 13.4. The van der Waals surface area contributed by atoms with Gasteiger partial charge >= 0.3 is 6.18 Å². The summed E-state index contributed by atoms with van der Waals surface area (Å²) in [5, 5.41) is 3.08. The van der Waals surface area contributed by atoms with Gasteiger partial charge in [-0.25, -0.2) is 0 Å². The molecule has 1 aromatic heterocycles. The van der Waals surface area contributed by atoms with Crippen molar-refractivity contribution in [2.45, 2.75) is 64.5 Å². The third-order valence-corrected chi connectivity index (χ3v) is 7.45. The number of carbonyl (C=O) groups is 1. The van der Waals surface area contributed by atoms with Gasteiger partial charge in [0, 0.05) is 51.2 Å². The standard InChI is InChI=1S/C31H37F3N4O/c1-22(2)36-29(39)28-21-37(19-24-13-15-35-16-14-24)17-18-38(28)20-23-5-7-25(8-6-23)26-9-11-27(12-10-26)30(3,4)31(32,33)34/h5-16,22,28H,17-21H2,1-4H3,(H,36,39). The molecular weight excluding hydrogens is 501 g/mol. The van der Waals surface area contributed by atoms with Crippen LogP contribution in [0.5, 0.6) is 0 Å². The maximum atomic E-state index is 13.4. The molecule has 1 saturated heterocycles. The topological polar surface area (TPSA) is 48.5 Å². The number of hydrogen-bond donors (Lipinski definition) is 1. The van der Waals surface area contributed by atoms with E-state index in [2.05, 4.69) is 20.1 Å². The second-order valence-corrected chi connectivity index (χ2v) is 11.1. The van der Waals surface area contributed by atoms with E-state index in [0.717, 1.165) is 36.3 Å². The fraction of sp³-hybridized carbons (Fsp3) is 0.419. The van der Waals surface area contributed by atoms with Gasteiger partial charge < -0.3 is 5.32 Å². The molecule has 208 valence electrons. The number of benzene rings is 2. The smallest absolute Gasteiger partial charge is 0.353 e. The molecular formula is C31H37F3N4O. The third-order valence-electron chi connectivity index (χ3n) is 7.45. The molecule has 1 amide bonds. The van der Waals surface area contributed by atoms with Crippen LogP contribution in [-0.4, -0.2) is 58.6 Å². The number of hydrogen-bond acceptors (Lipinski definition) is 4. The highest BCUT2D eigenvalue weighted by molar-refractivity contribution is 5.82. The van der Waals surface area contributed by atoms with Crippen molar-refractivity contribution in [3.63, 3.8) is 0 Å². The molecule has 0 aliphatic carbocycles. The molecule has 1 N–H and O–H groups in total. The Bertz CT molecular complexity index is 1230. The van der Waals surface area contributed by atoms with Crippen molar-refractivity contribution in [1.82, 2.24) is 20.1 Å². The number of pyridine rings is 1. The van der Waals surface area contributed by atoms with E-state index in [1.165, 1.54) is 19.4 Å². The van der Waals surface area contributed by atoms with Crippen LogP contribution >= 0.6 is 0 Å². The van der Waals surface area contributed by atoms with Gasteiger partial charge in [-0.2, -0.15) is 13.2 Å². The van der Waals surface area contributed by atoms with Gasteiger partial charge in [-0.3, -0.25) is 19.6 Å². The largest absolute Gasteiger partial charge is 0.397 e. The molecule has 2 aromatic carbocycles. The first-order valence-electron chi connectivity index (χ1n) is 13.4. The monoisotopic (exact) mass is 538 g/mol. The van der Waals surface area contributed by atoms with Gasteiger partial charge in [0.2, 0.25) is 5.91 Å². The molecule has 0 saturated carbocycles. The van der Waals surface area contributed by atoms with E-state index in [1.54, 1.807) is 36.7 Å². The van der Waals surface area contributed by atoms with Crippen LogP contribution in [-0.2, 0) is 23.3 Å². The number of nitrogens with one attached hydrogen (secondary N) is 1. The number of carbonyl (C=O) groups excluding carboxylic acids is 1. The predicted molar refractivity (Wildman–Crippen MR) is 148 cm³/mol. The van der Waals surface area contributed by atoms with E-state index in [0.29, 0.717) is 13.1 Å². The number of aromatic nitrogens is 1. The highest BCUT2D eigenvalue weighted by Crippen LogP contribution is 2.40. The van der Waals surface area contributed by atoms with Crippen LogP contribution in [0.2, 0.25) is 0 Å². The lowest BCUT2D eigenvalue weighted by atomic mass is 9.83. The van der Waals surface area contributed by atoms with Gasteiger partial charge in [0.05, 0.1) is 5.41 Å². The summed E-state index contributed by atoms with van der Waals surface area (Å²) in [5.41, 5.74) is 2.39. The first kappa shape index (κ1) is 28.8. The fourth-order valence-electron chi connectivity index (χ4n) is 4.87. The zero-order chi connectivity index (χ0) is 28.2. The quantitative estimate of drug-likeness (QED) is 0.394. The van der Waals surface area contributed by atoms with Crippen molar-refractivity contribution in [3.05, 3.63) is 89.7 Å². The fourth-order valence-corrected chi connectivity index (χ4v) is 4.87. The predicted octanol–water partition coefficient (Wildman–Crippen LogP) is 5.80. The van der Waals surface area contributed by atoms with Crippen molar-refractivity contribution >= 4 is 5.91 Å². The number of amides is 1. The van der Waals surface area contributed by atoms with Crippen LogP contribution in [0.4, 0.5) is 13.2 Å². The van der Waals surface area contributed by atoms with E-state index >= 15 is 0 Å². The van der Waals surface area contributed by atoms with Crippen LogP contribution in [0.3, 0.4) is 0 Å². The van der Waals surface area contributed by atoms with Crippen LogP contribution in [0.1, 0.15) is 44.4 Å². The molecule has 0 radical (unpaired) electrons. The number of rotatable bonds is 8. The lowest BCUT2D eigenvalue weighted by Gasteiger charge is -2.41. The Morgan fingerprint density at radius 2 is 1.46 bits per heavy atom. The molecule has 0 bridgehead atoms. The zero-order valence-corrected chi connectivity index (χ0v) is 23.0. The summed E-state index contributed by atoms with van der Waals surface area (Å²) in [7, 11) is 0. The minimum absolute atomic E-state index is 0.0305. The van der Waals surface area contributed by atoms with Gasteiger partial charge in [0.15, 0.2) is 0 Å². The van der Waals surface area contributed by atoms with Crippen molar-refractivity contribution < 1.29 is 18.0 Å². The first-order valence-corrected chi connectivity index (χ1v) is 13.4. The van der Waals surface area contributed by atoms with Gasteiger partial charge in [-0.15, -0.1) is 0 Å². The van der Waals surface area contributed by atoms with Crippen LogP contribution < -0.4 is 5.32 Å². The van der Waals surface area contributed by atoms with E-state index in [1.807, 2.05) is 50.2 Å². The second-order valence-electron chi connectivity index (χ2n) is 11.1. The molecule has 1 atom stereocenters. The summed E-state index contributed by atoms with van der Waals surface area (Å²) in [6, 6.07) is 18.4. The van der Waals surface area contributed by atoms with E-state index in [-0.39, 0.29) is 23.6 Å². The molecule has 2 heterocycles. The molecule has 39 heavy (non-hydrogen) atoms. The minimum Gasteiger partial charge on any atom is -0.353 e. The number of halogens is 3. The lowest BCUT2D eigenvalue weighted by molar-refractivity contribution is -0.180. The second kappa shape index (κ2) is 11.9. The van der Waals surface area contributed by atoms with Crippen LogP contribution in [0.25, 0.3) is 11.1 Å². The Labute approximate surface area is 229 Å². The Morgan fingerprint density at radius 1 is 0.897 bits per heavy atom. The summed E-state index contributed by atoms with van der Waals surface area (Å²) in [5.74, 6) is 0.0305. The minimum atomic E-state index is -4.31. The van der Waals surface area contributed by atoms with Gasteiger partial charge in [0.1, 0.15) is 6.04 Å². The normalized spacial score (nSPS) is 17.4. The molecule has 8 heteroatoms. The Balaban J connectivity index is 1.45. The van der Waals surface area contributed by atoms with E-state index in [4.69, 9.17) is 0 Å². The highest BCUT2D eigenvalue weighted by atomic mass is 19.4. The number of piperazine rings is 1. The van der Waals surface area contributed by atoms with Gasteiger partial charge in [-0.05, 0) is 67.6 Å². The Kier molecular flexibility index (Phi) is 8.76. The van der Waals surface area contributed by atoms with Gasteiger partial charge in [0.25, 0.3) is 0 Å². The molecule has 1 aliphatic rings. The summed E-state index contributed by atoms with van der Waals surface area (Å²) < 4.78 is 40.2. The lowest BCUT2D eigenvalue weighted by Crippen LogP contribution is -2.59. The van der Waals surface area contributed by atoms with Crippen LogP contribution in [0.15, 0.2) is 73.1 Å². The molecule has 0 spiro atoms. The molecule has 1 aliphatic heterocycles. The summed E-state index contributed by atoms with van der Waals surface area (Å²) in [6.45, 7) is 10.00. The summed E-state index contributed by atoms with van der Waals surface area (Å²) in [6.07, 6.45) is -0.740. The molecule has 3 aromatic rings. The zero-order valence-electron chi connectivity index (χ0n) is 23.0. The maximum Gasteiger partial charge on any atom is 0.397 e. The Morgan fingerprint density at radius 3 is 2.03 bits per heavy atom. The van der Waals surface area contributed by atoms with Crippen LogP contribution in [0, 0.1) is 0 Å². The Hall–Kier alpha value is -3.23. The molecule has 4 rings (SSSR count). The number of alkyl halides is 3. The van der Waals surface area contributed by atoms with E-state index in [9.17, 15) is 18.0 Å². The molecule has 1 fully saturated rings. The SMILES string of the molecule is CC(C)NC(=O)C1CN(Cc2ccncc2)CCN1Cc1ccc(-c2ccc(C(C)(C)C(F)(F)F)cc2)cc1.